The number of methoxy groups -OCH3 is 3. The summed E-state index contributed by atoms with van der Waals surface area (Å²) in [5, 5.41) is 0. The van der Waals surface area contributed by atoms with Gasteiger partial charge in [-0.25, -0.2) is 0 Å². The Labute approximate surface area is 101 Å². The van der Waals surface area contributed by atoms with E-state index in [0.717, 1.165) is 24.2 Å². The van der Waals surface area contributed by atoms with Gasteiger partial charge in [-0.3, -0.25) is 0 Å². The van der Waals surface area contributed by atoms with Gasteiger partial charge < -0.3 is 14.2 Å². The summed E-state index contributed by atoms with van der Waals surface area (Å²) in [5.74, 6) is 2.84. The molecule has 0 amide bonds. The van der Waals surface area contributed by atoms with Crippen molar-refractivity contribution in [3.63, 3.8) is 0 Å². The van der Waals surface area contributed by atoms with Crippen LogP contribution in [-0.4, -0.2) is 27.2 Å². The van der Waals surface area contributed by atoms with Crippen molar-refractivity contribution in [3.05, 3.63) is 17.7 Å². The molecule has 0 fully saturated rings. The first kappa shape index (κ1) is 13.0. The van der Waals surface area contributed by atoms with Crippen molar-refractivity contribution in [2.75, 3.05) is 27.2 Å². The van der Waals surface area contributed by atoms with Crippen LogP contribution in [-0.2, 0) is 6.42 Å². The maximum atomic E-state index is 5.68. The maximum absolute atomic E-state index is 5.68. The van der Waals surface area contributed by atoms with E-state index >= 15 is 0 Å². The van der Waals surface area contributed by atoms with Crippen LogP contribution in [0.4, 0.5) is 0 Å². The Morgan fingerprint density at radius 3 is 2.00 bits per heavy atom. The highest BCUT2D eigenvalue weighted by Gasteiger charge is 2.11. The van der Waals surface area contributed by atoms with Gasteiger partial charge in [0.1, 0.15) is 5.75 Å². The molecule has 0 aliphatic heterocycles. The summed E-state index contributed by atoms with van der Waals surface area (Å²) in [6, 6.07) is 3.77. The molecule has 16 heavy (non-hydrogen) atoms. The summed E-state index contributed by atoms with van der Waals surface area (Å²) in [6.45, 7) is 0. The lowest BCUT2D eigenvalue weighted by atomic mass is 10.1. The lowest BCUT2D eigenvalue weighted by Gasteiger charge is -2.13. The molecular formula is C12H17ClO3. The summed E-state index contributed by atoms with van der Waals surface area (Å²) in [7, 11) is 4.87. The van der Waals surface area contributed by atoms with Gasteiger partial charge in [0.05, 0.1) is 21.3 Å². The fourth-order valence-electron chi connectivity index (χ4n) is 1.55. The van der Waals surface area contributed by atoms with E-state index < -0.39 is 0 Å². The molecule has 4 heteroatoms. The highest BCUT2D eigenvalue weighted by atomic mass is 35.5. The Morgan fingerprint density at radius 2 is 1.50 bits per heavy atom. The van der Waals surface area contributed by atoms with Crippen molar-refractivity contribution in [2.24, 2.45) is 0 Å². The lowest BCUT2D eigenvalue weighted by Crippen LogP contribution is -1.97. The van der Waals surface area contributed by atoms with Crippen LogP contribution < -0.4 is 14.2 Å². The van der Waals surface area contributed by atoms with Crippen LogP contribution in [0, 0.1) is 0 Å². The van der Waals surface area contributed by atoms with Gasteiger partial charge in [-0.05, 0) is 24.5 Å². The van der Waals surface area contributed by atoms with Gasteiger partial charge in [-0.15, -0.1) is 11.6 Å². The van der Waals surface area contributed by atoms with Crippen LogP contribution in [0.1, 0.15) is 12.0 Å². The molecule has 0 aromatic heterocycles. The molecule has 0 N–H and O–H groups in total. The summed E-state index contributed by atoms with van der Waals surface area (Å²) < 4.78 is 15.8. The zero-order chi connectivity index (χ0) is 12.0. The standard InChI is InChI=1S/C12H17ClO3/c1-14-10-8-12(16-3)11(15-2)7-9(10)5-4-6-13/h7-8H,4-6H2,1-3H3. The molecule has 0 saturated carbocycles. The minimum atomic E-state index is 0.636. The van der Waals surface area contributed by atoms with Crippen molar-refractivity contribution in [1.82, 2.24) is 0 Å². The fraction of sp³-hybridized carbons (Fsp3) is 0.500. The number of benzene rings is 1. The van der Waals surface area contributed by atoms with Gasteiger partial charge in [-0.2, -0.15) is 0 Å². The Balaban J connectivity index is 3.05. The van der Waals surface area contributed by atoms with E-state index in [2.05, 4.69) is 0 Å². The van der Waals surface area contributed by atoms with Crippen LogP contribution in [0.25, 0.3) is 0 Å². The molecule has 0 bridgehead atoms. The third-order valence-corrected chi connectivity index (χ3v) is 2.63. The topological polar surface area (TPSA) is 27.7 Å². The minimum Gasteiger partial charge on any atom is -0.496 e. The van der Waals surface area contributed by atoms with Crippen molar-refractivity contribution >= 4 is 11.6 Å². The van der Waals surface area contributed by atoms with Gasteiger partial charge in [0, 0.05) is 11.9 Å². The van der Waals surface area contributed by atoms with Gasteiger partial charge in [0.15, 0.2) is 11.5 Å². The summed E-state index contributed by atoms with van der Waals surface area (Å²) in [6.07, 6.45) is 1.78. The summed E-state index contributed by atoms with van der Waals surface area (Å²) in [4.78, 5) is 0. The van der Waals surface area contributed by atoms with Gasteiger partial charge >= 0.3 is 0 Å². The molecule has 0 unspecified atom stereocenters. The number of hydrogen-bond donors (Lipinski definition) is 0. The average Bonchev–Trinajstić information content (AvgIpc) is 2.35. The molecule has 90 valence electrons. The largest absolute Gasteiger partial charge is 0.496 e. The third-order valence-electron chi connectivity index (χ3n) is 2.37. The lowest BCUT2D eigenvalue weighted by molar-refractivity contribution is 0.347. The van der Waals surface area contributed by atoms with E-state index in [1.54, 1.807) is 21.3 Å². The first-order chi connectivity index (χ1) is 7.76. The number of alkyl halides is 1. The minimum absolute atomic E-state index is 0.636. The normalized spacial score (nSPS) is 10.0. The second kappa shape index (κ2) is 6.48. The number of hydrogen-bond acceptors (Lipinski definition) is 3. The number of ether oxygens (including phenoxy) is 3. The Hall–Kier alpha value is -1.09. The van der Waals surface area contributed by atoms with Crippen LogP contribution in [0.2, 0.25) is 0 Å². The van der Waals surface area contributed by atoms with Gasteiger partial charge in [-0.1, -0.05) is 0 Å². The number of aryl methyl sites for hydroxylation is 1. The Morgan fingerprint density at radius 1 is 0.938 bits per heavy atom. The van der Waals surface area contributed by atoms with E-state index in [0.29, 0.717) is 17.4 Å². The van der Waals surface area contributed by atoms with Crippen molar-refractivity contribution in [1.29, 1.82) is 0 Å². The molecule has 1 rings (SSSR count). The van der Waals surface area contributed by atoms with Crippen LogP contribution in [0.5, 0.6) is 17.2 Å². The zero-order valence-electron chi connectivity index (χ0n) is 9.88. The number of halogens is 1. The van der Waals surface area contributed by atoms with E-state index in [4.69, 9.17) is 25.8 Å². The second-order valence-corrected chi connectivity index (χ2v) is 3.69. The molecule has 0 aliphatic rings. The molecule has 1 aromatic carbocycles. The van der Waals surface area contributed by atoms with Gasteiger partial charge in [0.25, 0.3) is 0 Å². The van der Waals surface area contributed by atoms with E-state index in [1.807, 2.05) is 12.1 Å². The molecule has 0 saturated heterocycles. The highest BCUT2D eigenvalue weighted by Crippen LogP contribution is 2.35. The molecule has 1 aromatic rings. The van der Waals surface area contributed by atoms with E-state index in [-0.39, 0.29) is 0 Å². The van der Waals surface area contributed by atoms with E-state index in [9.17, 15) is 0 Å². The van der Waals surface area contributed by atoms with Gasteiger partial charge in [0.2, 0.25) is 0 Å². The first-order valence-corrected chi connectivity index (χ1v) is 5.65. The molecular weight excluding hydrogens is 228 g/mol. The van der Waals surface area contributed by atoms with Crippen molar-refractivity contribution in [2.45, 2.75) is 12.8 Å². The fourth-order valence-corrected chi connectivity index (χ4v) is 1.68. The molecule has 0 heterocycles. The molecule has 0 atom stereocenters. The molecule has 0 radical (unpaired) electrons. The van der Waals surface area contributed by atoms with Crippen molar-refractivity contribution in [3.8, 4) is 17.2 Å². The van der Waals surface area contributed by atoms with E-state index in [1.165, 1.54) is 0 Å². The third kappa shape index (κ3) is 2.95. The Bertz CT molecular complexity index is 339. The predicted molar refractivity (Wildman–Crippen MR) is 65.1 cm³/mol. The van der Waals surface area contributed by atoms with Crippen LogP contribution in [0.15, 0.2) is 12.1 Å². The smallest absolute Gasteiger partial charge is 0.164 e. The predicted octanol–water partition coefficient (Wildman–Crippen LogP) is 2.88. The average molecular weight is 245 g/mol. The Kier molecular flexibility index (Phi) is 5.26. The monoisotopic (exact) mass is 244 g/mol. The summed E-state index contributed by atoms with van der Waals surface area (Å²) in [5.41, 5.74) is 1.08. The first-order valence-electron chi connectivity index (χ1n) is 5.11. The quantitative estimate of drug-likeness (QED) is 0.721. The van der Waals surface area contributed by atoms with Crippen LogP contribution >= 0.6 is 11.6 Å². The summed E-state index contributed by atoms with van der Waals surface area (Å²) >= 11 is 5.68. The zero-order valence-corrected chi connectivity index (χ0v) is 10.6. The maximum Gasteiger partial charge on any atom is 0.164 e. The van der Waals surface area contributed by atoms with Crippen molar-refractivity contribution < 1.29 is 14.2 Å². The molecule has 0 spiro atoms. The van der Waals surface area contributed by atoms with Crippen LogP contribution in [0.3, 0.4) is 0 Å². The number of rotatable bonds is 6. The SMILES string of the molecule is COc1cc(OC)c(OC)cc1CCCCl. The molecule has 3 nitrogen and oxygen atoms in total. The second-order valence-electron chi connectivity index (χ2n) is 3.31. The highest BCUT2D eigenvalue weighted by molar-refractivity contribution is 6.17. The molecule has 0 aliphatic carbocycles.